The van der Waals surface area contributed by atoms with Crippen LogP contribution in [-0.4, -0.2) is 29.3 Å². The molecule has 9 aliphatic rings. The topological polar surface area (TPSA) is 12.0 Å². The van der Waals surface area contributed by atoms with E-state index in [2.05, 4.69) is 17.5 Å². The van der Waals surface area contributed by atoms with Crippen molar-refractivity contribution in [3.63, 3.8) is 0 Å². The van der Waals surface area contributed by atoms with Gasteiger partial charge in [0.2, 0.25) is 0 Å². The standard InChI is InChI=1S/C23H31I2N/c1-2-11-3-10(1)13-6-18-17-8-25(24(18)7-16(11)13)23-15-5-14(21(17)23)22-19-4-12(9-26-19)20(15)22/h1-2,10-23,26H,3-9H2/t10-,11?,12?,13?,14?,15?,16?,17?,18?,19?,20?,21?,22?,23?/m0/s1. The van der Waals surface area contributed by atoms with Crippen molar-refractivity contribution < 1.29 is 0 Å². The Bertz CT molecular complexity index is 680. The molecule has 0 aromatic rings. The van der Waals surface area contributed by atoms with Crippen LogP contribution in [0.15, 0.2) is 12.2 Å². The zero-order chi connectivity index (χ0) is 16.3. The van der Waals surface area contributed by atoms with Gasteiger partial charge in [-0.15, -0.1) is 0 Å². The quantitative estimate of drug-likeness (QED) is 0.193. The van der Waals surface area contributed by atoms with Gasteiger partial charge in [0.1, 0.15) is 0 Å². The van der Waals surface area contributed by atoms with Crippen LogP contribution >= 0.6 is 31.7 Å². The van der Waals surface area contributed by atoms with Crippen LogP contribution in [-0.2, 0) is 0 Å². The number of allylic oxidation sites excluding steroid dienone is 2. The Kier molecular flexibility index (Phi) is 2.74. The van der Waals surface area contributed by atoms with Gasteiger partial charge >= 0.3 is 169 Å². The number of rotatable bonds is 0. The van der Waals surface area contributed by atoms with E-state index in [4.69, 9.17) is 0 Å². The summed E-state index contributed by atoms with van der Waals surface area (Å²) >= 11 is -1.06. The maximum absolute atomic E-state index is 3.96. The van der Waals surface area contributed by atoms with Gasteiger partial charge in [0, 0.05) is 0 Å². The summed E-state index contributed by atoms with van der Waals surface area (Å²) in [7, 11) is 0. The Morgan fingerprint density at radius 1 is 0.692 bits per heavy atom. The first-order valence-electron chi connectivity index (χ1n) is 11.6. The molecule has 0 amide bonds. The molecule has 5 aliphatic carbocycles. The predicted octanol–water partition coefficient (Wildman–Crippen LogP) is 4.63. The van der Waals surface area contributed by atoms with E-state index in [1.54, 1.807) is 25.7 Å². The molecular weight excluding hydrogens is 544 g/mol. The number of piperidine rings is 1. The molecule has 1 nitrogen and oxygen atoms in total. The van der Waals surface area contributed by atoms with E-state index in [1.807, 2.05) is 8.86 Å². The van der Waals surface area contributed by atoms with Gasteiger partial charge in [0.05, 0.1) is 0 Å². The second kappa shape index (κ2) is 4.73. The average molecular weight is 575 g/mol. The average Bonchev–Trinajstić information content (AvgIpc) is 3.50. The molecule has 3 heteroatoms. The minimum atomic E-state index is -0.532. The fraction of sp³-hybridized carbons (Fsp3) is 0.913. The van der Waals surface area contributed by atoms with E-state index >= 15 is 0 Å². The molecule has 4 aliphatic heterocycles. The molecule has 4 saturated heterocycles. The molecule has 0 radical (unpaired) electrons. The van der Waals surface area contributed by atoms with Gasteiger partial charge in [0.15, 0.2) is 0 Å². The van der Waals surface area contributed by atoms with Crippen molar-refractivity contribution in [1.29, 1.82) is 0 Å². The summed E-state index contributed by atoms with van der Waals surface area (Å²) in [5.74, 6) is 13.2. The fourth-order valence-electron chi connectivity index (χ4n) is 10.7. The first-order valence-corrected chi connectivity index (χ1v) is 23.4. The van der Waals surface area contributed by atoms with Gasteiger partial charge in [-0.1, -0.05) is 0 Å². The number of hydrogen-bond donors (Lipinski definition) is 1. The first kappa shape index (κ1) is 15.0. The SMILES string of the molecule is C1=C[C@H]2CC1C1CI3C(CC12)C1CI3C2C3CC(C4C5CC(CN5)C34)C12. The van der Waals surface area contributed by atoms with Crippen molar-refractivity contribution in [2.45, 2.75) is 39.6 Å². The summed E-state index contributed by atoms with van der Waals surface area (Å²) in [4.78, 5) is 0. The zero-order valence-electron chi connectivity index (χ0n) is 15.4. The van der Waals surface area contributed by atoms with Crippen LogP contribution in [0.2, 0.25) is 0 Å². The summed E-state index contributed by atoms with van der Waals surface area (Å²) in [6, 6.07) is 0.977. The molecule has 0 spiro atoms. The van der Waals surface area contributed by atoms with Gasteiger partial charge in [-0.25, -0.2) is 0 Å². The third kappa shape index (κ3) is 1.49. The minimum absolute atomic E-state index is 0.525. The van der Waals surface area contributed by atoms with Crippen LogP contribution in [0.5, 0.6) is 0 Å². The summed E-state index contributed by atoms with van der Waals surface area (Å²) in [6.07, 6.45) is 12.0. The van der Waals surface area contributed by atoms with E-state index in [1.165, 1.54) is 61.7 Å². The van der Waals surface area contributed by atoms with E-state index in [9.17, 15) is 0 Å². The second-order valence-corrected chi connectivity index (χ2v) is 34.1. The summed E-state index contributed by atoms with van der Waals surface area (Å²) in [5.41, 5.74) is 0. The van der Waals surface area contributed by atoms with Gasteiger partial charge in [-0.2, -0.15) is 0 Å². The molecule has 9 rings (SSSR count). The van der Waals surface area contributed by atoms with Crippen molar-refractivity contribution in [2.75, 3.05) is 15.4 Å². The van der Waals surface area contributed by atoms with Crippen molar-refractivity contribution in [2.24, 2.45) is 65.1 Å². The van der Waals surface area contributed by atoms with Crippen LogP contribution in [0.25, 0.3) is 0 Å². The van der Waals surface area contributed by atoms with E-state index < -0.39 is 31.7 Å². The van der Waals surface area contributed by atoms with Gasteiger partial charge in [0.25, 0.3) is 0 Å². The van der Waals surface area contributed by atoms with E-state index in [-0.39, 0.29) is 0 Å². The number of halogens is 2. The Hall–Kier alpha value is 1.16. The van der Waals surface area contributed by atoms with Crippen molar-refractivity contribution >= 4 is 31.7 Å². The van der Waals surface area contributed by atoms with Crippen molar-refractivity contribution in [1.82, 2.24) is 5.32 Å². The molecule has 142 valence electrons. The van der Waals surface area contributed by atoms with E-state index in [0.717, 1.165) is 23.8 Å². The molecule has 4 saturated carbocycles. The Balaban J connectivity index is 1.10. The molecule has 26 heavy (non-hydrogen) atoms. The number of fused-ring (bicyclic) bond motifs is 24. The summed E-state index contributed by atoms with van der Waals surface area (Å²) in [5, 5.41) is 3.96. The second-order valence-electron chi connectivity index (χ2n) is 11.4. The molecule has 0 aromatic heterocycles. The number of alkyl halides is 4. The normalized spacial score (nSPS) is 72.3. The van der Waals surface area contributed by atoms with Crippen molar-refractivity contribution in [3.05, 3.63) is 12.2 Å². The van der Waals surface area contributed by atoms with Crippen LogP contribution in [0, 0.1) is 65.1 Å². The Labute approximate surface area is 168 Å². The number of hydrogen-bond acceptors (Lipinski definition) is 1. The van der Waals surface area contributed by atoms with Crippen molar-refractivity contribution in [3.8, 4) is 0 Å². The third-order valence-electron chi connectivity index (χ3n) is 11.2. The molecule has 8 bridgehead atoms. The third-order valence-corrected chi connectivity index (χ3v) is 43.9. The molecule has 0 aromatic carbocycles. The first-order chi connectivity index (χ1) is 12.9. The molecule has 8 fully saturated rings. The van der Waals surface area contributed by atoms with Crippen LogP contribution in [0.4, 0.5) is 0 Å². The molecule has 14 atom stereocenters. The van der Waals surface area contributed by atoms with Gasteiger partial charge in [-0.05, 0) is 0 Å². The molecule has 13 unspecified atom stereocenters. The van der Waals surface area contributed by atoms with Gasteiger partial charge < -0.3 is 0 Å². The van der Waals surface area contributed by atoms with Crippen LogP contribution < -0.4 is 5.32 Å². The maximum atomic E-state index is 3.96. The van der Waals surface area contributed by atoms with Crippen LogP contribution in [0.1, 0.15) is 25.7 Å². The molecular formula is C23H31I2N. The molecule has 4 heterocycles. The monoisotopic (exact) mass is 575 g/mol. The predicted molar refractivity (Wildman–Crippen MR) is 123 cm³/mol. The molecule has 1 N–H and O–H groups in total. The Morgan fingerprint density at radius 2 is 1.58 bits per heavy atom. The Morgan fingerprint density at radius 3 is 2.54 bits per heavy atom. The zero-order valence-corrected chi connectivity index (χ0v) is 19.8. The summed E-state index contributed by atoms with van der Waals surface area (Å²) in [6.45, 7) is 1.41. The number of nitrogens with one attached hydrogen (secondary N) is 1. The van der Waals surface area contributed by atoms with E-state index in [0.29, 0.717) is 0 Å². The fourth-order valence-corrected chi connectivity index (χ4v) is 55.2. The van der Waals surface area contributed by atoms with Crippen LogP contribution in [0.3, 0.4) is 0 Å². The summed E-state index contributed by atoms with van der Waals surface area (Å²) < 4.78 is 6.62. The van der Waals surface area contributed by atoms with Gasteiger partial charge in [-0.3, -0.25) is 0 Å².